The number of hydrogen-bond acceptors (Lipinski definition) is 4. The van der Waals surface area contributed by atoms with Crippen molar-refractivity contribution in [2.24, 2.45) is 0 Å². The maximum absolute atomic E-state index is 5.65. The summed E-state index contributed by atoms with van der Waals surface area (Å²) >= 11 is 5.65. The highest BCUT2D eigenvalue weighted by Gasteiger charge is 2.10. The minimum absolute atomic E-state index is 0.638. The molecule has 0 saturated heterocycles. The molecule has 136 valence electrons. The molecule has 0 radical (unpaired) electrons. The molecule has 0 N–H and O–H groups in total. The molecule has 0 amide bonds. The number of benzene rings is 2. The Balaban J connectivity index is 1.71. The summed E-state index contributed by atoms with van der Waals surface area (Å²) in [6, 6.07) is 18.4. The Morgan fingerprint density at radius 3 is 2.54 bits per heavy atom. The van der Waals surface area contributed by atoms with Crippen LogP contribution in [0.25, 0.3) is 0 Å². The molecule has 0 spiro atoms. The standard InChI is InChI=1S/C20H24N4OS/c1-16-21-24(20(26)23(16)14-17-8-5-4-6-9-17)15-22(2)13-18-10-7-11-19(12-18)25-3/h4-12H,13-15H2,1-3H3. The molecule has 0 aliphatic rings. The maximum atomic E-state index is 5.65. The van der Waals surface area contributed by atoms with Crippen molar-refractivity contribution in [1.82, 2.24) is 19.2 Å². The van der Waals surface area contributed by atoms with Crippen LogP contribution < -0.4 is 4.74 Å². The zero-order valence-corrected chi connectivity index (χ0v) is 16.2. The second-order valence-corrected chi connectivity index (χ2v) is 6.77. The van der Waals surface area contributed by atoms with Gasteiger partial charge in [-0.15, -0.1) is 0 Å². The number of hydrogen-bond donors (Lipinski definition) is 0. The van der Waals surface area contributed by atoms with E-state index in [1.165, 1.54) is 11.1 Å². The van der Waals surface area contributed by atoms with Gasteiger partial charge in [0.05, 0.1) is 20.3 Å². The number of ether oxygens (including phenoxy) is 1. The van der Waals surface area contributed by atoms with Gasteiger partial charge in [0.25, 0.3) is 0 Å². The van der Waals surface area contributed by atoms with Crippen molar-refractivity contribution in [2.45, 2.75) is 26.7 Å². The molecule has 6 heteroatoms. The van der Waals surface area contributed by atoms with Crippen LogP contribution in [0.4, 0.5) is 0 Å². The average Bonchev–Trinajstić information content (AvgIpc) is 2.90. The van der Waals surface area contributed by atoms with Crippen molar-refractivity contribution < 1.29 is 4.74 Å². The number of nitrogens with zero attached hydrogens (tertiary/aromatic N) is 4. The molecule has 1 heterocycles. The first-order valence-electron chi connectivity index (χ1n) is 8.56. The van der Waals surface area contributed by atoms with E-state index in [2.05, 4.69) is 45.9 Å². The zero-order valence-electron chi connectivity index (χ0n) is 15.4. The van der Waals surface area contributed by atoms with Gasteiger partial charge in [-0.3, -0.25) is 9.47 Å². The van der Waals surface area contributed by atoms with Gasteiger partial charge in [-0.05, 0) is 49.4 Å². The van der Waals surface area contributed by atoms with Gasteiger partial charge in [0.2, 0.25) is 0 Å². The third-order valence-electron chi connectivity index (χ3n) is 4.25. The van der Waals surface area contributed by atoms with Crippen LogP contribution in [0.3, 0.4) is 0 Å². The minimum Gasteiger partial charge on any atom is -0.497 e. The van der Waals surface area contributed by atoms with E-state index in [0.29, 0.717) is 6.67 Å². The normalized spacial score (nSPS) is 11.1. The van der Waals surface area contributed by atoms with Crippen LogP contribution >= 0.6 is 12.2 Å². The van der Waals surface area contributed by atoms with E-state index >= 15 is 0 Å². The minimum atomic E-state index is 0.638. The predicted molar refractivity (Wildman–Crippen MR) is 106 cm³/mol. The molecule has 3 aromatic rings. The molecule has 0 aliphatic heterocycles. The summed E-state index contributed by atoms with van der Waals surface area (Å²) in [5.41, 5.74) is 2.41. The second-order valence-electron chi connectivity index (χ2n) is 6.41. The van der Waals surface area contributed by atoms with Gasteiger partial charge < -0.3 is 4.74 Å². The number of aryl methyl sites for hydroxylation is 1. The smallest absolute Gasteiger partial charge is 0.199 e. The van der Waals surface area contributed by atoms with Crippen LogP contribution in [0.15, 0.2) is 54.6 Å². The van der Waals surface area contributed by atoms with E-state index in [-0.39, 0.29) is 0 Å². The van der Waals surface area contributed by atoms with E-state index in [4.69, 9.17) is 17.0 Å². The third kappa shape index (κ3) is 4.39. The Bertz CT molecular complexity index is 917. The summed E-state index contributed by atoms with van der Waals surface area (Å²) in [6.45, 7) is 4.17. The van der Waals surface area contributed by atoms with Crippen molar-refractivity contribution in [2.75, 3.05) is 14.2 Å². The molecule has 1 aromatic heterocycles. The van der Waals surface area contributed by atoms with E-state index in [0.717, 1.165) is 29.4 Å². The molecule has 0 saturated carbocycles. The van der Waals surface area contributed by atoms with Crippen molar-refractivity contribution in [3.8, 4) is 5.75 Å². The van der Waals surface area contributed by atoms with Crippen LogP contribution in [0.1, 0.15) is 17.0 Å². The first kappa shape index (κ1) is 18.4. The quantitative estimate of drug-likeness (QED) is 0.593. The van der Waals surface area contributed by atoms with Crippen LogP contribution in [-0.2, 0) is 19.8 Å². The SMILES string of the molecule is COc1cccc(CN(C)Cn2nc(C)n(Cc3ccccc3)c2=S)c1. The second kappa shape index (κ2) is 8.29. The summed E-state index contributed by atoms with van der Waals surface area (Å²) in [5, 5.41) is 4.63. The van der Waals surface area contributed by atoms with Crippen molar-refractivity contribution >= 4 is 12.2 Å². The molecule has 0 bridgehead atoms. The van der Waals surface area contributed by atoms with Gasteiger partial charge in [0, 0.05) is 6.54 Å². The van der Waals surface area contributed by atoms with Crippen LogP contribution in [-0.4, -0.2) is 33.4 Å². The largest absolute Gasteiger partial charge is 0.497 e. The first-order chi connectivity index (χ1) is 12.6. The Kier molecular flexibility index (Phi) is 5.85. The summed E-state index contributed by atoms with van der Waals surface area (Å²) in [6.07, 6.45) is 0. The first-order valence-corrected chi connectivity index (χ1v) is 8.97. The molecule has 26 heavy (non-hydrogen) atoms. The fourth-order valence-corrected chi connectivity index (χ4v) is 3.25. The van der Waals surface area contributed by atoms with Crippen LogP contribution in [0.5, 0.6) is 5.75 Å². The molecule has 0 unspecified atom stereocenters. The fourth-order valence-electron chi connectivity index (χ4n) is 2.95. The van der Waals surface area contributed by atoms with Gasteiger partial charge in [-0.2, -0.15) is 5.10 Å². The fraction of sp³-hybridized carbons (Fsp3) is 0.300. The highest BCUT2D eigenvalue weighted by Crippen LogP contribution is 2.14. The Labute approximate surface area is 159 Å². The highest BCUT2D eigenvalue weighted by molar-refractivity contribution is 7.71. The van der Waals surface area contributed by atoms with Crippen LogP contribution in [0, 0.1) is 11.7 Å². The Morgan fingerprint density at radius 2 is 1.81 bits per heavy atom. The lowest BCUT2D eigenvalue weighted by Crippen LogP contribution is -2.22. The Morgan fingerprint density at radius 1 is 1.08 bits per heavy atom. The molecule has 3 rings (SSSR count). The molecular formula is C20H24N4OS. The molecule has 0 aliphatic carbocycles. The molecule has 0 fully saturated rings. The molecule has 0 atom stereocenters. The molecule has 2 aromatic carbocycles. The number of aromatic nitrogens is 3. The van der Waals surface area contributed by atoms with Gasteiger partial charge in [-0.1, -0.05) is 42.5 Å². The molecular weight excluding hydrogens is 344 g/mol. The lowest BCUT2D eigenvalue weighted by Gasteiger charge is -2.17. The lowest BCUT2D eigenvalue weighted by atomic mass is 10.2. The summed E-state index contributed by atoms with van der Waals surface area (Å²) in [5.74, 6) is 1.80. The van der Waals surface area contributed by atoms with E-state index < -0.39 is 0 Å². The van der Waals surface area contributed by atoms with Crippen LogP contribution in [0.2, 0.25) is 0 Å². The van der Waals surface area contributed by atoms with Crippen molar-refractivity contribution in [1.29, 1.82) is 0 Å². The zero-order chi connectivity index (χ0) is 18.5. The molecule has 5 nitrogen and oxygen atoms in total. The van der Waals surface area contributed by atoms with Crippen molar-refractivity contribution in [3.63, 3.8) is 0 Å². The van der Waals surface area contributed by atoms with E-state index in [9.17, 15) is 0 Å². The van der Waals surface area contributed by atoms with Gasteiger partial charge in [0.15, 0.2) is 4.77 Å². The van der Waals surface area contributed by atoms with Gasteiger partial charge in [-0.25, -0.2) is 4.68 Å². The maximum Gasteiger partial charge on any atom is 0.199 e. The van der Waals surface area contributed by atoms with Crippen molar-refractivity contribution in [3.05, 3.63) is 76.3 Å². The van der Waals surface area contributed by atoms with E-state index in [1.807, 2.05) is 41.9 Å². The van der Waals surface area contributed by atoms with Gasteiger partial charge >= 0.3 is 0 Å². The highest BCUT2D eigenvalue weighted by atomic mass is 32.1. The number of rotatable bonds is 7. The summed E-state index contributed by atoms with van der Waals surface area (Å²) in [7, 11) is 3.75. The van der Waals surface area contributed by atoms with E-state index in [1.54, 1.807) is 7.11 Å². The topological polar surface area (TPSA) is 35.2 Å². The monoisotopic (exact) mass is 368 g/mol. The Hall–Kier alpha value is -2.44. The lowest BCUT2D eigenvalue weighted by molar-refractivity contribution is 0.243. The summed E-state index contributed by atoms with van der Waals surface area (Å²) < 4.78 is 9.99. The predicted octanol–water partition coefficient (Wildman–Crippen LogP) is 3.87. The van der Waals surface area contributed by atoms with Gasteiger partial charge in [0.1, 0.15) is 11.6 Å². The number of methoxy groups -OCH3 is 1. The summed E-state index contributed by atoms with van der Waals surface area (Å²) in [4.78, 5) is 2.18. The average molecular weight is 369 g/mol. The third-order valence-corrected chi connectivity index (χ3v) is 4.68.